The zero-order valence-corrected chi connectivity index (χ0v) is 12.4. The van der Waals surface area contributed by atoms with Crippen molar-refractivity contribution in [2.75, 3.05) is 5.32 Å². The zero-order chi connectivity index (χ0) is 15.4. The zero-order valence-electron chi connectivity index (χ0n) is 10.9. The minimum atomic E-state index is -0.367. The molecule has 0 aliphatic carbocycles. The fourth-order valence-corrected chi connectivity index (χ4v) is 1.94. The second-order valence-electron chi connectivity index (χ2n) is 3.97. The standard InChI is InChI=1S/C8H6ClN3O.C6H4ClF/c1-2-4-5-3-10-8(9)12-6(5)11-7(4)13;7-5-3-1-2-4-6(5)8/h2-3H,1H3,(H,10,11,12,13);1-4H/b4-2+;. The first-order chi connectivity index (χ1) is 10.0. The van der Waals surface area contributed by atoms with Crippen LogP contribution in [0.5, 0.6) is 0 Å². The summed E-state index contributed by atoms with van der Waals surface area (Å²) in [6.07, 6.45) is 3.26. The quantitative estimate of drug-likeness (QED) is 0.589. The molecule has 1 N–H and O–H groups in total. The predicted octanol–water partition coefficient (Wildman–Crippen LogP) is 3.96. The van der Waals surface area contributed by atoms with Crippen LogP contribution in [0, 0.1) is 5.82 Å². The first-order valence-corrected chi connectivity index (χ1v) is 6.69. The molecule has 1 aliphatic rings. The van der Waals surface area contributed by atoms with E-state index in [9.17, 15) is 9.18 Å². The average Bonchev–Trinajstić information content (AvgIpc) is 2.77. The maximum atomic E-state index is 12.2. The first kappa shape index (κ1) is 15.4. The second kappa shape index (κ2) is 6.65. The number of aromatic nitrogens is 2. The Kier molecular flexibility index (Phi) is 4.88. The van der Waals surface area contributed by atoms with E-state index in [0.717, 1.165) is 0 Å². The molecule has 1 aromatic carbocycles. The van der Waals surface area contributed by atoms with Gasteiger partial charge in [0.25, 0.3) is 5.91 Å². The summed E-state index contributed by atoms with van der Waals surface area (Å²) in [5.74, 6) is -0.0404. The average molecular weight is 326 g/mol. The fraction of sp³-hybridized carbons (Fsp3) is 0.0714. The van der Waals surface area contributed by atoms with E-state index in [4.69, 9.17) is 23.2 Å². The second-order valence-corrected chi connectivity index (χ2v) is 4.72. The van der Waals surface area contributed by atoms with Gasteiger partial charge in [0, 0.05) is 17.3 Å². The number of nitrogens with zero attached hydrogens (tertiary/aromatic N) is 2. The van der Waals surface area contributed by atoms with Crippen LogP contribution in [0.1, 0.15) is 12.5 Å². The molecule has 0 atom stereocenters. The van der Waals surface area contributed by atoms with Crippen molar-refractivity contribution in [2.24, 2.45) is 0 Å². The molecule has 4 nitrogen and oxygen atoms in total. The number of allylic oxidation sites excluding steroid dienone is 1. The molecule has 0 saturated heterocycles. The van der Waals surface area contributed by atoms with Gasteiger partial charge < -0.3 is 5.32 Å². The first-order valence-electron chi connectivity index (χ1n) is 5.93. The Morgan fingerprint density at radius 2 is 2.00 bits per heavy atom. The number of hydrogen-bond donors (Lipinski definition) is 1. The third kappa shape index (κ3) is 3.56. The van der Waals surface area contributed by atoms with E-state index in [1.165, 1.54) is 18.3 Å². The summed E-state index contributed by atoms with van der Waals surface area (Å²) < 4.78 is 12.2. The molecule has 0 fully saturated rings. The van der Waals surface area contributed by atoms with E-state index in [1.807, 2.05) is 0 Å². The smallest absolute Gasteiger partial charge is 0.257 e. The predicted molar refractivity (Wildman–Crippen MR) is 80.7 cm³/mol. The van der Waals surface area contributed by atoms with Crippen LogP contribution in [0.4, 0.5) is 10.2 Å². The van der Waals surface area contributed by atoms with Gasteiger partial charge in [0.05, 0.1) is 5.02 Å². The Morgan fingerprint density at radius 3 is 2.57 bits per heavy atom. The highest BCUT2D eigenvalue weighted by Crippen LogP contribution is 2.29. The molecule has 2 heterocycles. The number of amides is 1. The van der Waals surface area contributed by atoms with Gasteiger partial charge in [0.15, 0.2) is 0 Å². The Bertz CT molecular complexity index is 698. The van der Waals surface area contributed by atoms with Gasteiger partial charge in [-0.2, -0.15) is 4.98 Å². The molecule has 108 valence electrons. The van der Waals surface area contributed by atoms with Crippen molar-refractivity contribution >= 4 is 40.5 Å². The number of anilines is 1. The molecule has 1 aliphatic heterocycles. The lowest BCUT2D eigenvalue weighted by molar-refractivity contribution is -0.110. The van der Waals surface area contributed by atoms with Gasteiger partial charge in [-0.15, -0.1) is 0 Å². The molecule has 7 heteroatoms. The van der Waals surface area contributed by atoms with Crippen LogP contribution < -0.4 is 5.32 Å². The SMILES string of the molecule is C/C=C1/C(=O)Nc2nc(Cl)ncc21.Fc1ccccc1Cl. The van der Waals surface area contributed by atoms with E-state index in [-0.39, 0.29) is 22.0 Å². The van der Waals surface area contributed by atoms with Gasteiger partial charge in [0.1, 0.15) is 11.6 Å². The normalized spacial score (nSPS) is 14.3. The molecule has 0 unspecified atom stereocenters. The highest BCUT2D eigenvalue weighted by Gasteiger charge is 2.24. The number of fused-ring (bicyclic) bond motifs is 1. The summed E-state index contributed by atoms with van der Waals surface area (Å²) in [5, 5.41) is 2.91. The van der Waals surface area contributed by atoms with Gasteiger partial charge in [-0.05, 0) is 30.7 Å². The largest absolute Gasteiger partial charge is 0.306 e. The summed E-state index contributed by atoms with van der Waals surface area (Å²) >= 11 is 10.9. The number of nitrogens with one attached hydrogen (secondary N) is 1. The van der Waals surface area contributed by atoms with E-state index < -0.39 is 0 Å². The minimum Gasteiger partial charge on any atom is -0.306 e. The summed E-state index contributed by atoms with van der Waals surface area (Å²) in [5.41, 5.74) is 1.29. The molecule has 21 heavy (non-hydrogen) atoms. The Morgan fingerprint density at radius 1 is 1.29 bits per heavy atom. The third-order valence-electron chi connectivity index (χ3n) is 2.64. The van der Waals surface area contributed by atoms with Crippen molar-refractivity contribution in [2.45, 2.75) is 6.92 Å². The van der Waals surface area contributed by atoms with Gasteiger partial charge in [-0.1, -0.05) is 29.8 Å². The molecular weight excluding hydrogens is 316 g/mol. The van der Waals surface area contributed by atoms with Gasteiger partial charge in [-0.3, -0.25) is 4.79 Å². The van der Waals surface area contributed by atoms with Crippen molar-refractivity contribution < 1.29 is 9.18 Å². The number of hydrogen-bond acceptors (Lipinski definition) is 3. The molecule has 2 aromatic rings. The maximum absolute atomic E-state index is 12.2. The van der Waals surface area contributed by atoms with E-state index in [1.54, 1.807) is 25.1 Å². The molecule has 1 amide bonds. The van der Waals surface area contributed by atoms with Crippen LogP contribution in [-0.4, -0.2) is 15.9 Å². The highest BCUT2D eigenvalue weighted by molar-refractivity contribution is 6.32. The van der Waals surface area contributed by atoms with Gasteiger partial charge in [0.2, 0.25) is 5.28 Å². The lowest BCUT2D eigenvalue weighted by atomic mass is 10.1. The number of benzene rings is 1. The third-order valence-corrected chi connectivity index (χ3v) is 3.13. The summed E-state index contributed by atoms with van der Waals surface area (Å²) in [4.78, 5) is 19.0. The molecule has 0 saturated carbocycles. The Hall–Kier alpha value is -1.98. The molecule has 0 bridgehead atoms. The number of carbonyl (C=O) groups excluding carboxylic acids is 1. The summed E-state index contributed by atoms with van der Waals surface area (Å²) in [6, 6.07) is 6.12. The topological polar surface area (TPSA) is 54.9 Å². The van der Waals surface area contributed by atoms with Crippen LogP contribution >= 0.6 is 23.2 Å². The highest BCUT2D eigenvalue weighted by atomic mass is 35.5. The van der Waals surface area contributed by atoms with Crippen LogP contribution in [0.3, 0.4) is 0 Å². The van der Waals surface area contributed by atoms with Crippen LogP contribution in [0.25, 0.3) is 5.57 Å². The minimum absolute atomic E-state index is 0.136. The lowest BCUT2D eigenvalue weighted by Gasteiger charge is -1.94. The van der Waals surface area contributed by atoms with Crippen molar-refractivity contribution in [3.05, 3.63) is 58.2 Å². The number of rotatable bonds is 0. The van der Waals surface area contributed by atoms with Crippen LogP contribution in [-0.2, 0) is 4.79 Å². The number of halogens is 3. The monoisotopic (exact) mass is 325 g/mol. The van der Waals surface area contributed by atoms with Crippen molar-refractivity contribution in [1.29, 1.82) is 0 Å². The molecule has 1 aromatic heterocycles. The van der Waals surface area contributed by atoms with Crippen molar-refractivity contribution in [1.82, 2.24) is 9.97 Å². The lowest BCUT2D eigenvalue weighted by Crippen LogP contribution is -2.04. The fourth-order valence-electron chi connectivity index (χ4n) is 1.68. The van der Waals surface area contributed by atoms with E-state index in [2.05, 4.69) is 15.3 Å². The van der Waals surface area contributed by atoms with E-state index >= 15 is 0 Å². The Labute approximate surface area is 130 Å². The number of carbonyl (C=O) groups is 1. The van der Waals surface area contributed by atoms with Gasteiger partial charge in [-0.25, -0.2) is 9.37 Å². The van der Waals surface area contributed by atoms with Crippen LogP contribution in [0.15, 0.2) is 36.5 Å². The molecule has 3 rings (SSSR count). The summed E-state index contributed by atoms with van der Waals surface area (Å²) in [6.45, 7) is 1.79. The van der Waals surface area contributed by atoms with E-state index in [0.29, 0.717) is 17.0 Å². The molecular formula is C14H10Cl2FN3O. The van der Waals surface area contributed by atoms with Gasteiger partial charge >= 0.3 is 0 Å². The molecule has 0 spiro atoms. The van der Waals surface area contributed by atoms with Crippen molar-refractivity contribution in [3.8, 4) is 0 Å². The Balaban J connectivity index is 0.000000173. The van der Waals surface area contributed by atoms with Crippen LogP contribution in [0.2, 0.25) is 10.3 Å². The molecule has 0 radical (unpaired) electrons. The summed E-state index contributed by atoms with van der Waals surface area (Å²) in [7, 11) is 0. The maximum Gasteiger partial charge on any atom is 0.257 e. The van der Waals surface area contributed by atoms with Crippen molar-refractivity contribution in [3.63, 3.8) is 0 Å².